The summed E-state index contributed by atoms with van der Waals surface area (Å²) in [5, 5.41) is 3.15. The van der Waals surface area contributed by atoms with E-state index in [1.165, 1.54) is 18.4 Å². The normalized spacial score (nSPS) is 15.2. The fourth-order valence-corrected chi connectivity index (χ4v) is 2.84. The molecule has 0 bridgehead atoms. The summed E-state index contributed by atoms with van der Waals surface area (Å²) in [5.74, 6) is 1.29. The van der Waals surface area contributed by atoms with E-state index in [0.717, 1.165) is 11.3 Å². The summed E-state index contributed by atoms with van der Waals surface area (Å²) in [7, 11) is 0. The van der Waals surface area contributed by atoms with E-state index in [4.69, 9.17) is 4.74 Å². The Kier molecular flexibility index (Phi) is 5.32. The van der Waals surface area contributed by atoms with Crippen LogP contribution in [0.4, 0.5) is 0 Å². The van der Waals surface area contributed by atoms with Crippen LogP contribution in [0.15, 0.2) is 60.7 Å². The van der Waals surface area contributed by atoms with Crippen molar-refractivity contribution in [1.82, 2.24) is 5.32 Å². The minimum absolute atomic E-state index is 0.0675. The summed E-state index contributed by atoms with van der Waals surface area (Å²) in [6.07, 6.45) is 5.76. The van der Waals surface area contributed by atoms with Crippen molar-refractivity contribution < 1.29 is 9.53 Å². The third-order valence-electron chi connectivity index (χ3n) is 4.18. The smallest absolute Gasteiger partial charge is 0.244 e. The van der Waals surface area contributed by atoms with Crippen molar-refractivity contribution in [3.63, 3.8) is 0 Å². The number of nitrogens with one attached hydrogen (secondary N) is 1. The molecule has 1 N–H and O–H groups in total. The molecule has 0 aromatic heterocycles. The third-order valence-corrected chi connectivity index (χ3v) is 4.18. The van der Waals surface area contributed by atoms with Crippen molar-refractivity contribution in [2.45, 2.75) is 25.8 Å². The molecule has 2 aromatic rings. The quantitative estimate of drug-likeness (QED) is 0.769. The highest BCUT2D eigenvalue weighted by atomic mass is 16.5. The molecule has 1 fully saturated rings. The maximum Gasteiger partial charge on any atom is 0.244 e. The highest BCUT2D eigenvalue weighted by Gasteiger charge is 2.32. The number of para-hydroxylation sites is 1. The maximum absolute atomic E-state index is 12.4. The highest BCUT2D eigenvalue weighted by molar-refractivity contribution is 5.92. The van der Waals surface area contributed by atoms with Gasteiger partial charge in [-0.2, -0.15) is 0 Å². The van der Waals surface area contributed by atoms with Crippen molar-refractivity contribution in [3.05, 3.63) is 71.8 Å². The second-order valence-corrected chi connectivity index (χ2v) is 6.04. The third kappa shape index (κ3) is 4.25. The first-order chi connectivity index (χ1) is 11.8. The van der Waals surface area contributed by atoms with Crippen molar-refractivity contribution in [2.24, 2.45) is 5.92 Å². The molecule has 0 saturated heterocycles. The largest absolute Gasteiger partial charge is 0.493 e. The van der Waals surface area contributed by atoms with Gasteiger partial charge in [0, 0.05) is 11.6 Å². The zero-order chi connectivity index (χ0) is 16.8. The number of rotatable bonds is 7. The summed E-state index contributed by atoms with van der Waals surface area (Å²) in [4.78, 5) is 12.4. The molecule has 3 rings (SSSR count). The molecule has 1 unspecified atom stereocenters. The van der Waals surface area contributed by atoms with Crippen molar-refractivity contribution in [2.75, 3.05) is 6.61 Å². The van der Waals surface area contributed by atoms with Crippen LogP contribution in [0, 0.1) is 5.92 Å². The van der Waals surface area contributed by atoms with Crippen molar-refractivity contribution in [3.8, 4) is 5.75 Å². The molecule has 0 aliphatic heterocycles. The van der Waals surface area contributed by atoms with E-state index in [-0.39, 0.29) is 11.9 Å². The van der Waals surface area contributed by atoms with Gasteiger partial charge in [-0.15, -0.1) is 0 Å². The molecule has 1 saturated carbocycles. The summed E-state index contributed by atoms with van der Waals surface area (Å²) in [5.41, 5.74) is 2.09. The van der Waals surface area contributed by atoms with Crippen LogP contribution < -0.4 is 10.1 Å². The minimum Gasteiger partial charge on any atom is -0.493 e. The van der Waals surface area contributed by atoms with Crippen LogP contribution in [0.1, 0.15) is 36.9 Å². The highest BCUT2D eigenvalue weighted by Crippen LogP contribution is 2.40. The average molecular weight is 321 g/mol. The molecule has 1 atom stereocenters. The van der Waals surface area contributed by atoms with Crippen molar-refractivity contribution in [1.29, 1.82) is 0 Å². The molecule has 2 aromatic carbocycles. The number of benzene rings is 2. The zero-order valence-electron chi connectivity index (χ0n) is 13.9. The summed E-state index contributed by atoms with van der Waals surface area (Å²) in [6, 6.07) is 18.0. The Labute approximate surface area is 143 Å². The Balaban J connectivity index is 1.68. The lowest BCUT2D eigenvalue weighted by Gasteiger charge is -2.17. The zero-order valence-corrected chi connectivity index (χ0v) is 13.9. The van der Waals surface area contributed by atoms with Crippen LogP contribution in [0.3, 0.4) is 0 Å². The van der Waals surface area contributed by atoms with Gasteiger partial charge in [0.25, 0.3) is 0 Å². The van der Waals surface area contributed by atoms with Gasteiger partial charge >= 0.3 is 0 Å². The van der Waals surface area contributed by atoms with Crippen LogP contribution in [0.5, 0.6) is 5.75 Å². The van der Waals surface area contributed by atoms with E-state index < -0.39 is 0 Å². The molecule has 1 amide bonds. The Bertz CT molecular complexity index is 705. The van der Waals surface area contributed by atoms with Gasteiger partial charge in [0.05, 0.1) is 12.6 Å². The first kappa shape index (κ1) is 16.3. The lowest BCUT2D eigenvalue weighted by atomic mass is 10.0. The molecule has 24 heavy (non-hydrogen) atoms. The van der Waals surface area contributed by atoms with Crippen LogP contribution in [0.2, 0.25) is 0 Å². The first-order valence-corrected chi connectivity index (χ1v) is 8.53. The molecule has 0 radical (unpaired) electrons. The van der Waals surface area contributed by atoms with E-state index in [1.807, 2.05) is 55.5 Å². The van der Waals surface area contributed by atoms with Gasteiger partial charge in [0.1, 0.15) is 5.75 Å². The fourth-order valence-electron chi connectivity index (χ4n) is 2.84. The van der Waals surface area contributed by atoms with E-state index in [9.17, 15) is 4.79 Å². The second-order valence-electron chi connectivity index (χ2n) is 6.04. The molecular formula is C21H23NO2. The van der Waals surface area contributed by atoms with Gasteiger partial charge in [0.15, 0.2) is 0 Å². The summed E-state index contributed by atoms with van der Waals surface area (Å²) in [6.45, 7) is 2.56. The van der Waals surface area contributed by atoms with Gasteiger partial charge in [-0.1, -0.05) is 48.5 Å². The van der Waals surface area contributed by atoms with Gasteiger partial charge in [0.2, 0.25) is 5.91 Å². The van der Waals surface area contributed by atoms with Crippen LogP contribution in [-0.4, -0.2) is 12.5 Å². The molecule has 124 valence electrons. The van der Waals surface area contributed by atoms with Crippen LogP contribution in [-0.2, 0) is 4.79 Å². The predicted octanol–water partition coefficient (Wildman–Crippen LogP) is 4.37. The standard InChI is InChI=1S/C21H23NO2/c1-2-24-19-11-7-6-8-16(19)14-15-20(23)22-21(18-12-13-18)17-9-4-3-5-10-17/h3-11,14-15,18,21H,2,12-13H2,1H3,(H,22,23)/b15-14+. The van der Waals surface area contributed by atoms with E-state index in [1.54, 1.807) is 6.08 Å². The van der Waals surface area contributed by atoms with Gasteiger partial charge < -0.3 is 10.1 Å². The molecule has 1 aliphatic carbocycles. The van der Waals surface area contributed by atoms with E-state index in [0.29, 0.717) is 12.5 Å². The Morgan fingerprint density at radius 2 is 1.88 bits per heavy atom. The molecule has 3 nitrogen and oxygen atoms in total. The summed E-state index contributed by atoms with van der Waals surface area (Å²) >= 11 is 0. The van der Waals surface area contributed by atoms with Crippen LogP contribution >= 0.6 is 0 Å². The minimum atomic E-state index is -0.0675. The number of ether oxygens (including phenoxy) is 1. The summed E-state index contributed by atoms with van der Waals surface area (Å²) < 4.78 is 5.58. The molecule has 1 aliphatic rings. The Morgan fingerprint density at radius 1 is 1.17 bits per heavy atom. The Morgan fingerprint density at radius 3 is 2.58 bits per heavy atom. The molecule has 3 heteroatoms. The van der Waals surface area contributed by atoms with Crippen molar-refractivity contribution >= 4 is 12.0 Å². The second kappa shape index (κ2) is 7.82. The Hall–Kier alpha value is -2.55. The molecule has 0 spiro atoms. The fraction of sp³-hybridized carbons (Fsp3) is 0.286. The number of amides is 1. The SMILES string of the molecule is CCOc1ccccc1/C=C/C(=O)NC(c1ccccc1)C1CC1. The van der Waals surface area contributed by atoms with Gasteiger partial charge in [-0.3, -0.25) is 4.79 Å². The van der Waals surface area contributed by atoms with E-state index in [2.05, 4.69) is 17.4 Å². The lowest BCUT2D eigenvalue weighted by Crippen LogP contribution is -2.28. The van der Waals surface area contributed by atoms with Gasteiger partial charge in [-0.05, 0) is 43.4 Å². The monoisotopic (exact) mass is 321 g/mol. The van der Waals surface area contributed by atoms with Crippen LogP contribution in [0.25, 0.3) is 6.08 Å². The number of hydrogen-bond donors (Lipinski definition) is 1. The first-order valence-electron chi connectivity index (χ1n) is 8.53. The maximum atomic E-state index is 12.4. The lowest BCUT2D eigenvalue weighted by molar-refractivity contribution is -0.117. The number of carbonyl (C=O) groups is 1. The molecular weight excluding hydrogens is 298 g/mol. The average Bonchev–Trinajstić information content (AvgIpc) is 3.45. The predicted molar refractivity (Wildman–Crippen MR) is 96.7 cm³/mol. The number of hydrogen-bond acceptors (Lipinski definition) is 2. The molecule has 0 heterocycles. The number of carbonyl (C=O) groups excluding carboxylic acids is 1. The van der Waals surface area contributed by atoms with E-state index >= 15 is 0 Å². The topological polar surface area (TPSA) is 38.3 Å². The van der Waals surface area contributed by atoms with Gasteiger partial charge in [-0.25, -0.2) is 0 Å².